The molecule has 0 fully saturated rings. The summed E-state index contributed by atoms with van der Waals surface area (Å²) in [5, 5.41) is 8.57. The van der Waals surface area contributed by atoms with Crippen LogP contribution in [0.25, 0.3) is 40.9 Å². The van der Waals surface area contributed by atoms with E-state index in [2.05, 4.69) is 169 Å². The third kappa shape index (κ3) is 5.51. The Bertz CT molecular complexity index is 2540. The summed E-state index contributed by atoms with van der Waals surface area (Å²) in [5.74, 6) is 0.564. The predicted octanol–water partition coefficient (Wildman–Crippen LogP) is 9.08. The van der Waals surface area contributed by atoms with Gasteiger partial charge in [0.2, 0.25) is 5.89 Å². The van der Waals surface area contributed by atoms with Crippen LogP contribution < -0.4 is 21.4 Å². The third-order valence-electron chi connectivity index (χ3n) is 10.3. The zero-order valence-electron chi connectivity index (χ0n) is 28.6. The van der Waals surface area contributed by atoms with Gasteiger partial charge in [-0.25, -0.2) is 4.98 Å². The molecular formula is C48H37N3O. The number of hydrogen-bond acceptors (Lipinski definition) is 4. The van der Waals surface area contributed by atoms with Gasteiger partial charge in [0.05, 0.1) is 11.5 Å². The molecule has 250 valence electrons. The van der Waals surface area contributed by atoms with Gasteiger partial charge in [-0.1, -0.05) is 170 Å². The Morgan fingerprint density at radius 1 is 0.654 bits per heavy atom. The van der Waals surface area contributed by atoms with Crippen molar-refractivity contribution in [1.29, 1.82) is 0 Å². The lowest BCUT2D eigenvalue weighted by Crippen LogP contribution is -2.40. The van der Waals surface area contributed by atoms with Crippen LogP contribution in [0, 0.1) is 0 Å². The van der Waals surface area contributed by atoms with E-state index >= 15 is 0 Å². The van der Waals surface area contributed by atoms with Crippen molar-refractivity contribution in [3.63, 3.8) is 0 Å². The maximum absolute atomic E-state index is 6.00. The molecule has 6 aromatic carbocycles. The van der Waals surface area contributed by atoms with Crippen LogP contribution in [-0.4, -0.2) is 4.98 Å². The molecule has 0 bridgehead atoms. The van der Waals surface area contributed by atoms with Gasteiger partial charge in [-0.3, -0.25) is 5.32 Å². The van der Waals surface area contributed by atoms with Gasteiger partial charge < -0.3 is 9.73 Å². The molecule has 7 aromatic rings. The van der Waals surface area contributed by atoms with E-state index in [0.29, 0.717) is 16.7 Å². The van der Waals surface area contributed by atoms with Gasteiger partial charge in [0, 0.05) is 11.3 Å². The Hall–Kier alpha value is -6.49. The van der Waals surface area contributed by atoms with Gasteiger partial charge in [0.1, 0.15) is 16.9 Å². The molecule has 1 aliphatic heterocycles. The van der Waals surface area contributed by atoms with E-state index in [9.17, 15) is 0 Å². The highest BCUT2D eigenvalue weighted by Gasteiger charge is 2.44. The van der Waals surface area contributed by atoms with Crippen LogP contribution >= 0.6 is 0 Å². The van der Waals surface area contributed by atoms with E-state index in [4.69, 9.17) is 9.40 Å². The molecule has 0 spiro atoms. The van der Waals surface area contributed by atoms with Crippen LogP contribution in [0.3, 0.4) is 0 Å². The van der Waals surface area contributed by atoms with Crippen LogP contribution in [0.2, 0.25) is 0 Å². The van der Waals surface area contributed by atoms with Crippen LogP contribution in [0.1, 0.15) is 45.6 Å². The van der Waals surface area contributed by atoms with Crippen molar-refractivity contribution in [2.75, 3.05) is 0 Å². The fraction of sp³-hybridized carbons (Fsp3) is 0.0625. The maximum atomic E-state index is 6.00. The Balaban J connectivity index is 1.20. The molecule has 2 N–H and O–H groups in total. The summed E-state index contributed by atoms with van der Waals surface area (Å²) in [5.41, 5.74) is 11.7. The molecule has 52 heavy (non-hydrogen) atoms. The molecule has 4 nitrogen and oxygen atoms in total. The van der Waals surface area contributed by atoms with Crippen molar-refractivity contribution in [3.8, 4) is 22.6 Å². The summed E-state index contributed by atoms with van der Waals surface area (Å²) in [6, 6.07) is 57.6. The third-order valence-corrected chi connectivity index (χ3v) is 10.3. The SMILES string of the molecule is C=c1oc(-c2ccccc2)n/c1=C/C=C/C1(c2ccccc2)c2ccccc2-c2c(C3NC(c4ccccc4)=CC(c4ccccc4)N3)cccc21. The molecule has 2 aliphatic rings. The first-order valence-corrected chi connectivity index (χ1v) is 17.7. The number of benzene rings is 6. The standard InChI is InChI=1S/C48H37N3O/c1-33-42(51-47(52-33)36-22-10-4-11-23-36)30-17-31-48(37-24-12-5-13-25-37)40-28-15-14-26-38(40)45-39(27-16-29-41(45)48)46-49-43(34-18-6-2-7-19-34)32-44(50-46)35-20-8-3-9-21-35/h2-32,43,46,49-50H,1H2/b31-17+,42-30+. The second-order valence-corrected chi connectivity index (χ2v) is 13.3. The number of allylic oxidation sites excluding steroid dienone is 2. The van der Waals surface area contributed by atoms with Gasteiger partial charge in [0.25, 0.3) is 0 Å². The van der Waals surface area contributed by atoms with E-state index in [0.717, 1.165) is 16.8 Å². The van der Waals surface area contributed by atoms with Crippen molar-refractivity contribution >= 4 is 18.4 Å². The minimum absolute atomic E-state index is 0.0172. The Kier molecular flexibility index (Phi) is 8.07. The largest absolute Gasteiger partial charge is 0.437 e. The van der Waals surface area contributed by atoms with E-state index in [1.807, 2.05) is 36.4 Å². The molecule has 1 aromatic heterocycles. The van der Waals surface area contributed by atoms with Gasteiger partial charge in [-0.15, -0.1) is 0 Å². The average molecular weight is 672 g/mol. The summed E-state index contributed by atoms with van der Waals surface area (Å²) in [7, 11) is 0. The first-order valence-electron chi connectivity index (χ1n) is 17.7. The topological polar surface area (TPSA) is 50.1 Å². The molecule has 0 amide bonds. The minimum atomic E-state index is -0.557. The van der Waals surface area contributed by atoms with E-state index in [-0.39, 0.29) is 12.2 Å². The Labute approximate surface area is 303 Å². The van der Waals surface area contributed by atoms with Crippen LogP contribution in [0.5, 0.6) is 0 Å². The lowest BCUT2D eigenvalue weighted by molar-refractivity contribution is 0.443. The smallest absolute Gasteiger partial charge is 0.227 e. The van der Waals surface area contributed by atoms with E-state index < -0.39 is 5.41 Å². The molecular weight excluding hydrogens is 635 g/mol. The fourth-order valence-corrected chi connectivity index (χ4v) is 7.86. The molecule has 1 aliphatic carbocycles. The van der Waals surface area contributed by atoms with Crippen molar-refractivity contribution in [2.24, 2.45) is 0 Å². The zero-order valence-corrected chi connectivity index (χ0v) is 28.6. The van der Waals surface area contributed by atoms with Crippen molar-refractivity contribution < 1.29 is 4.42 Å². The molecule has 4 heteroatoms. The van der Waals surface area contributed by atoms with E-state index in [1.165, 1.54) is 38.9 Å². The number of nitrogens with one attached hydrogen (secondary N) is 2. The van der Waals surface area contributed by atoms with Crippen molar-refractivity contribution in [2.45, 2.75) is 17.6 Å². The van der Waals surface area contributed by atoms with Gasteiger partial charge >= 0.3 is 0 Å². The molecule has 2 heterocycles. The van der Waals surface area contributed by atoms with Crippen molar-refractivity contribution in [1.82, 2.24) is 15.6 Å². The van der Waals surface area contributed by atoms with Gasteiger partial charge in [0.15, 0.2) is 0 Å². The number of oxazole rings is 1. The highest BCUT2D eigenvalue weighted by molar-refractivity contribution is 5.87. The monoisotopic (exact) mass is 671 g/mol. The first-order chi connectivity index (χ1) is 25.7. The second kappa shape index (κ2) is 13.3. The van der Waals surface area contributed by atoms with Crippen LogP contribution in [0.4, 0.5) is 0 Å². The summed E-state index contributed by atoms with van der Waals surface area (Å²) < 4.78 is 6.00. The normalized spacial score (nSPS) is 19.5. The summed E-state index contributed by atoms with van der Waals surface area (Å²) in [6.45, 7) is 4.17. The molecule has 9 rings (SSSR count). The van der Waals surface area contributed by atoms with Crippen LogP contribution in [0.15, 0.2) is 186 Å². The minimum Gasteiger partial charge on any atom is -0.437 e. The lowest BCUT2D eigenvalue weighted by atomic mass is 9.72. The highest BCUT2D eigenvalue weighted by Crippen LogP contribution is 2.55. The molecule has 3 unspecified atom stereocenters. The summed E-state index contributed by atoms with van der Waals surface area (Å²) >= 11 is 0. The number of fused-ring (bicyclic) bond motifs is 3. The Morgan fingerprint density at radius 3 is 2.04 bits per heavy atom. The quantitative estimate of drug-likeness (QED) is 0.178. The second-order valence-electron chi connectivity index (χ2n) is 13.3. The lowest BCUT2D eigenvalue weighted by Gasteiger charge is -2.35. The highest BCUT2D eigenvalue weighted by atomic mass is 16.3. The Morgan fingerprint density at radius 2 is 1.29 bits per heavy atom. The number of hydrogen-bond donors (Lipinski definition) is 2. The molecule has 0 saturated carbocycles. The average Bonchev–Trinajstić information content (AvgIpc) is 3.74. The summed E-state index contributed by atoms with van der Waals surface area (Å²) in [6.07, 6.45) is 8.59. The first kappa shape index (κ1) is 31.5. The van der Waals surface area contributed by atoms with E-state index in [1.54, 1.807) is 0 Å². The molecule has 0 saturated heterocycles. The fourth-order valence-electron chi connectivity index (χ4n) is 7.86. The van der Waals surface area contributed by atoms with Crippen molar-refractivity contribution in [3.05, 3.63) is 226 Å². The van der Waals surface area contributed by atoms with Crippen LogP contribution in [-0.2, 0) is 5.41 Å². The molecule has 3 atom stereocenters. The number of rotatable bonds is 7. The predicted molar refractivity (Wildman–Crippen MR) is 211 cm³/mol. The number of nitrogens with zero attached hydrogens (tertiary/aromatic N) is 1. The van der Waals surface area contributed by atoms with Gasteiger partial charge in [-0.05, 0) is 68.8 Å². The zero-order chi connectivity index (χ0) is 34.9. The van der Waals surface area contributed by atoms with Gasteiger partial charge in [-0.2, -0.15) is 0 Å². The summed E-state index contributed by atoms with van der Waals surface area (Å²) in [4.78, 5) is 4.81. The molecule has 0 radical (unpaired) electrons. The maximum Gasteiger partial charge on any atom is 0.227 e. The number of aromatic nitrogens is 1.